The molecule has 1 aromatic rings. The molecule has 3 heteroatoms. The highest BCUT2D eigenvalue weighted by Gasteiger charge is 2.24. The van der Waals surface area contributed by atoms with Gasteiger partial charge in [-0.3, -0.25) is 4.90 Å². The van der Waals surface area contributed by atoms with Crippen molar-refractivity contribution in [1.29, 1.82) is 0 Å². The van der Waals surface area contributed by atoms with Crippen LogP contribution in [0.1, 0.15) is 19.4 Å². The average molecular weight is 248 g/mol. The highest BCUT2D eigenvalue weighted by Crippen LogP contribution is 2.15. The van der Waals surface area contributed by atoms with E-state index in [1.165, 1.54) is 5.56 Å². The Hall–Kier alpha value is -1.06. The van der Waals surface area contributed by atoms with Crippen LogP contribution in [0.4, 0.5) is 0 Å². The van der Waals surface area contributed by atoms with Crippen molar-refractivity contribution in [1.82, 2.24) is 10.2 Å². The van der Waals surface area contributed by atoms with Crippen molar-refractivity contribution in [3.8, 4) is 5.75 Å². The fourth-order valence-electron chi connectivity index (χ4n) is 2.55. The highest BCUT2D eigenvalue weighted by molar-refractivity contribution is 5.28. The molecule has 0 radical (unpaired) electrons. The molecular formula is C15H24N2O. The summed E-state index contributed by atoms with van der Waals surface area (Å²) in [6.45, 7) is 9.02. The lowest BCUT2D eigenvalue weighted by Crippen LogP contribution is -2.57. The number of methoxy groups -OCH3 is 1. The molecule has 1 aliphatic rings. The number of rotatable bonds is 4. The van der Waals surface area contributed by atoms with Crippen LogP contribution in [0.15, 0.2) is 24.3 Å². The summed E-state index contributed by atoms with van der Waals surface area (Å²) in [4.78, 5) is 2.54. The van der Waals surface area contributed by atoms with Gasteiger partial charge >= 0.3 is 0 Å². The smallest absolute Gasteiger partial charge is 0.119 e. The van der Waals surface area contributed by atoms with E-state index in [2.05, 4.69) is 42.3 Å². The molecule has 1 heterocycles. The number of hydrogen-bond acceptors (Lipinski definition) is 3. The lowest BCUT2D eigenvalue weighted by atomic mass is 10.0. The minimum Gasteiger partial charge on any atom is -0.497 e. The summed E-state index contributed by atoms with van der Waals surface area (Å²) >= 11 is 0. The van der Waals surface area contributed by atoms with Gasteiger partial charge in [0.15, 0.2) is 0 Å². The van der Waals surface area contributed by atoms with Crippen LogP contribution < -0.4 is 10.1 Å². The van der Waals surface area contributed by atoms with Crippen LogP contribution in [0.25, 0.3) is 0 Å². The molecule has 0 aromatic heterocycles. The Kier molecular flexibility index (Phi) is 4.25. The first-order chi connectivity index (χ1) is 8.59. The molecule has 2 rings (SSSR count). The van der Waals surface area contributed by atoms with Crippen LogP contribution in [0, 0.1) is 0 Å². The van der Waals surface area contributed by atoms with Crippen molar-refractivity contribution in [2.45, 2.75) is 25.8 Å². The number of piperazine rings is 1. The highest BCUT2D eigenvalue weighted by atomic mass is 16.5. The van der Waals surface area contributed by atoms with Gasteiger partial charge in [0.05, 0.1) is 7.11 Å². The van der Waals surface area contributed by atoms with Crippen molar-refractivity contribution in [3.63, 3.8) is 0 Å². The molecule has 0 aliphatic carbocycles. The van der Waals surface area contributed by atoms with Gasteiger partial charge in [-0.25, -0.2) is 0 Å². The van der Waals surface area contributed by atoms with E-state index in [4.69, 9.17) is 4.74 Å². The Morgan fingerprint density at radius 3 is 2.94 bits per heavy atom. The van der Waals surface area contributed by atoms with Crippen molar-refractivity contribution in [2.75, 3.05) is 33.3 Å². The predicted octanol–water partition coefficient (Wildman–Crippen LogP) is 1.92. The minimum absolute atomic E-state index is 0.243. The van der Waals surface area contributed by atoms with Gasteiger partial charge in [-0.1, -0.05) is 12.1 Å². The van der Waals surface area contributed by atoms with E-state index in [9.17, 15) is 0 Å². The van der Waals surface area contributed by atoms with E-state index >= 15 is 0 Å². The maximum Gasteiger partial charge on any atom is 0.119 e. The van der Waals surface area contributed by atoms with Crippen LogP contribution in [-0.2, 0) is 6.42 Å². The van der Waals surface area contributed by atoms with Gasteiger partial charge < -0.3 is 10.1 Å². The number of ether oxygens (including phenoxy) is 1. The van der Waals surface area contributed by atoms with Crippen molar-refractivity contribution >= 4 is 0 Å². The van der Waals surface area contributed by atoms with E-state index in [1.807, 2.05) is 6.07 Å². The van der Waals surface area contributed by atoms with Gasteiger partial charge in [-0.05, 0) is 38.0 Å². The zero-order valence-electron chi connectivity index (χ0n) is 11.7. The molecule has 100 valence electrons. The molecule has 1 aliphatic heterocycles. The topological polar surface area (TPSA) is 24.5 Å². The van der Waals surface area contributed by atoms with Crippen molar-refractivity contribution < 1.29 is 4.74 Å². The van der Waals surface area contributed by atoms with Crippen LogP contribution in [0.2, 0.25) is 0 Å². The Bertz CT molecular complexity index is 390. The third kappa shape index (κ3) is 3.72. The molecule has 1 saturated heterocycles. The standard InChI is InChI=1S/C15H24N2O/c1-15(2)12-17(10-8-16-15)9-7-13-5-4-6-14(11-13)18-3/h4-6,11,16H,7-10,12H2,1-3H3. The molecule has 1 fully saturated rings. The van der Waals surface area contributed by atoms with Gasteiger partial charge in [-0.15, -0.1) is 0 Å². The Labute approximate surface area is 110 Å². The van der Waals surface area contributed by atoms with Gasteiger partial charge in [0.2, 0.25) is 0 Å². The summed E-state index contributed by atoms with van der Waals surface area (Å²) in [7, 11) is 1.72. The summed E-state index contributed by atoms with van der Waals surface area (Å²) < 4.78 is 5.26. The van der Waals surface area contributed by atoms with E-state index in [1.54, 1.807) is 7.11 Å². The Morgan fingerprint density at radius 2 is 2.22 bits per heavy atom. The fraction of sp³-hybridized carbons (Fsp3) is 0.600. The number of nitrogens with one attached hydrogen (secondary N) is 1. The van der Waals surface area contributed by atoms with E-state index in [0.717, 1.165) is 38.3 Å². The Morgan fingerprint density at radius 1 is 1.39 bits per heavy atom. The molecule has 0 amide bonds. The lowest BCUT2D eigenvalue weighted by molar-refractivity contribution is 0.156. The third-order valence-corrected chi connectivity index (χ3v) is 3.50. The molecule has 0 bridgehead atoms. The maximum atomic E-state index is 5.26. The molecule has 0 saturated carbocycles. The molecule has 3 nitrogen and oxygen atoms in total. The molecular weight excluding hydrogens is 224 g/mol. The number of hydrogen-bond donors (Lipinski definition) is 1. The summed E-state index contributed by atoms with van der Waals surface area (Å²) in [5, 5.41) is 3.54. The van der Waals surface area contributed by atoms with Gasteiger partial charge in [0, 0.05) is 31.7 Å². The third-order valence-electron chi connectivity index (χ3n) is 3.50. The molecule has 0 spiro atoms. The van der Waals surface area contributed by atoms with Crippen LogP contribution in [0.5, 0.6) is 5.75 Å². The summed E-state index contributed by atoms with van der Waals surface area (Å²) in [5.74, 6) is 0.952. The molecule has 18 heavy (non-hydrogen) atoms. The summed E-state index contributed by atoms with van der Waals surface area (Å²) in [6, 6.07) is 8.37. The van der Waals surface area contributed by atoms with E-state index in [-0.39, 0.29) is 5.54 Å². The quantitative estimate of drug-likeness (QED) is 0.881. The molecule has 1 N–H and O–H groups in total. The normalized spacial score (nSPS) is 19.7. The van der Waals surface area contributed by atoms with Crippen LogP contribution >= 0.6 is 0 Å². The SMILES string of the molecule is COc1cccc(CCN2CCNC(C)(C)C2)c1. The summed E-state index contributed by atoms with van der Waals surface area (Å²) in [6.07, 6.45) is 1.09. The first kappa shape index (κ1) is 13.4. The average Bonchev–Trinajstić information content (AvgIpc) is 2.35. The van der Waals surface area contributed by atoms with Crippen molar-refractivity contribution in [2.24, 2.45) is 0 Å². The Balaban J connectivity index is 1.87. The maximum absolute atomic E-state index is 5.26. The summed E-state index contributed by atoms with van der Waals surface area (Å²) in [5.41, 5.74) is 1.60. The number of benzene rings is 1. The predicted molar refractivity (Wildman–Crippen MR) is 75.2 cm³/mol. The first-order valence-corrected chi connectivity index (χ1v) is 6.69. The van der Waals surface area contributed by atoms with Gasteiger partial charge in [0.25, 0.3) is 0 Å². The van der Waals surface area contributed by atoms with Gasteiger partial charge in [0.1, 0.15) is 5.75 Å². The zero-order chi connectivity index (χ0) is 13.0. The molecule has 0 unspecified atom stereocenters. The second kappa shape index (κ2) is 5.72. The van der Waals surface area contributed by atoms with Gasteiger partial charge in [-0.2, -0.15) is 0 Å². The first-order valence-electron chi connectivity index (χ1n) is 6.69. The van der Waals surface area contributed by atoms with Crippen molar-refractivity contribution in [3.05, 3.63) is 29.8 Å². The zero-order valence-corrected chi connectivity index (χ0v) is 11.7. The lowest BCUT2D eigenvalue weighted by Gasteiger charge is -2.39. The largest absolute Gasteiger partial charge is 0.497 e. The van der Waals surface area contributed by atoms with Crippen LogP contribution in [-0.4, -0.2) is 43.7 Å². The van der Waals surface area contributed by atoms with E-state index in [0.29, 0.717) is 0 Å². The second-order valence-corrected chi connectivity index (χ2v) is 5.69. The molecule has 0 atom stereocenters. The minimum atomic E-state index is 0.243. The fourth-order valence-corrected chi connectivity index (χ4v) is 2.55. The van der Waals surface area contributed by atoms with Crippen LogP contribution in [0.3, 0.4) is 0 Å². The number of nitrogens with zero attached hydrogens (tertiary/aromatic N) is 1. The van der Waals surface area contributed by atoms with E-state index < -0.39 is 0 Å². The molecule has 1 aromatic carbocycles. The monoisotopic (exact) mass is 248 g/mol. The second-order valence-electron chi connectivity index (χ2n) is 5.69.